The van der Waals surface area contributed by atoms with Gasteiger partial charge in [-0.3, -0.25) is 4.79 Å². The van der Waals surface area contributed by atoms with Crippen LogP contribution in [0.2, 0.25) is 5.02 Å². The van der Waals surface area contributed by atoms with E-state index >= 15 is 0 Å². The van der Waals surface area contributed by atoms with Crippen LogP contribution in [0.15, 0.2) is 42.5 Å². The van der Waals surface area contributed by atoms with Crippen LogP contribution in [0, 0.1) is 6.92 Å². The summed E-state index contributed by atoms with van der Waals surface area (Å²) in [7, 11) is 1.53. The minimum absolute atomic E-state index is 0.215. The van der Waals surface area contributed by atoms with E-state index in [0.717, 1.165) is 16.9 Å². The molecule has 0 aliphatic rings. The number of ether oxygens (including phenoxy) is 3. The summed E-state index contributed by atoms with van der Waals surface area (Å²) in [5.41, 5.74) is 1.81. The number of hydrogen-bond acceptors (Lipinski definition) is 4. The van der Waals surface area contributed by atoms with Gasteiger partial charge in [0.1, 0.15) is 12.4 Å². The number of carbonyl (C=O) groups excluding carboxylic acids is 1. The van der Waals surface area contributed by atoms with Gasteiger partial charge >= 0.3 is 0 Å². The third kappa shape index (κ3) is 6.22. The number of para-hydroxylation sites is 1. The first-order chi connectivity index (χ1) is 13.0. The van der Waals surface area contributed by atoms with Crippen LogP contribution in [0.4, 0.5) is 0 Å². The van der Waals surface area contributed by atoms with Gasteiger partial charge in [0.15, 0.2) is 11.5 Å². The highest BCUT2D eigenvalue weighted by atomic mass is 35.5. The quantitative estimate of drug-likeness (QED) is 0.514. The Morgan fingerprint density at radius 3 is 2.67 bits per heavy atom. The molecule has 2 rings (SSSR count). The fraction of sp³-hybridized carbons (Fsp3) is 0.286. The summed E-state index contributed by atoms with van der Waals surface area (Å²) >= 11 is 6.20. The van der Waals surface area contributed by atoms with Gasteiger partial charge in [-0.15, -0.1) is 0 Å². The van der Waals surface area contributed by atoms with Crippen molar-refractivity contribution in [1.82, 2.24) is 5.32 Å². The summed E-state index contributed by atoms with van der Waals surface area (Å²) < 4.78 is 16.4. The van der Waals surface area contributed by atoms with Gasteiger partial charge in [0, 0.05) is 6.08 Å². The van der Waals surface area contributed by atoms with E-state index in [9.17, 15) is 4.79 Å². The van der Waals surface area contributed by atoms with E-state index in [2.05, 4.69) is 5.32 Å². The van der Waals surface area contributed by atoms with Gasteiger partial charge in [0.2, 0.25) is 5.91 Å². The molecule has 0 saturated carbocycles. The first-order valence-corrected chi connectivity index (χ1v) is 9.07. The van der Waals surface area contributed by atoms with E-state index in [1.54, 1.807) is 18.2 Å². The second-order valence-corrected chi connectivity index (χ2v) is 6.11. The van der Waals surface area contributed by atoms with Crippen molar-refractivity contribution in [3.05, 3.63) is 58.6 Å². The van der Waals surface area contributed by atoms with Crippen molar-refractivity contribution >= 4 is 23.6 Å². The van der Waals surface area contributed by atoms with Crippen molar-refractivity contribution < 1.29 is 19.0 Å². The van der Waals surface area contributed by atoms with Gasteiger partial charge in [-0.05, 0) is 49.2 Å². The molecule has 0 fully saturated rings. The molecular weight excluding hydrogens is 366 g/mol. The standard InChI is InChI=1S/C21H24ClNO4/c1-4-26-19-14-16(13-17(22)21(19)25-3)9-10-20(24)23-11-12-27-18-8-6-5-7-15(18)2/h5-10,13-14H,4,11-12H2,1-3H3,(H,23,24). The van der Waals surface area contributed by atoms with Gasteiger partial charge in [-0.2, -0.15) is 0 Å². The Bertz CT molecular complexity index is 805. The summed E-state index contributed by atoms with van der Waals surface area (Å²) in [6.07, 6.45) is 3.12. The Balaban J connectivity index is 1.88. The number of carbonyl (C=O) groups is 1. The Morgan fingerprint density at radius 1 is 1.19 bits per heavy atom. The molecule has 0 spiro atoms. The largest absolute Gasteiger partial charge is 0.491 e. The molecule has 2 aromatic rings. The summed E-state index contributed by atoms with van der Waals surface area (Å²) in [6.45, 7) is 5.15. The van der Waals surface area contributed by atoms with Crippen molar-refractivity contribution in [3.8, 4) is 17.2 Å². The zero-order chi connectivity index (χ0) is 19.6. The molecule has 0 atom stereocenters. The maximum absolute atomic E-state index is 12.0. The van der Waals surface area contributed by atoms with E-state index in [-0.39, 0.29) is 5.91 Å². The second-order valence-electron chi connectivity index (χ2n) is 5.71. The van der Waals surface area contributed by atoms with Gasteiger partial charge in [0.25, 0.3) is 0 Å². The maximum Gasteiger partial charge on any atom is 0.244 e. The molecule has 144 valence electrons. The van der Waals surface area contributed by atoms with E-state index in [4.69, 9.17) is 25.8 Å². The summed E-state index contributed by atoms with van der Waals surface area (Å²) in [4.78, 5) is 12.0. The third-order valence-electron chi connectivity index (χ3n) is 3.72. The number of benzene rings is 2. The minimum Gasteiger partial charge on any atom is -0.491 e. The minimum atomic E-state index is -0.215. The lowest BCUT2D eigenvalue weighted by atomic mass is 10.2. The monoisotopic (exact) mass is 389 g/mol. The SMILES string of the molecule is CCOc1cc(C=CC(=O)NCCOc2ccccc2C)cc(Cl)c1OC. The second kappa shape index (κ2) is 10.5. The van der Waals surface area contributed by atoms with Gasteiger partial charge < -0.3 is 19.5 Å². The van der Waals surface area contributed by atoms with Gasteiger partial charge in [0.05, 0.1) is 25.3 Å². The van der Waals surface area contributed by atoms with Crippen molar-refractivity contribution in [2.45, 2.75) is 13.8 Å². The maximum atomic E-state index is 12.0. The molecule has 27 heavy (non-hydrogen) atoms. The van der Waals surface area contributed by atoms with E-state index in [0.29, 0.717) is 36.3 Å². The van der Waals surface area contributed by atoms with Crippen molar-refractivity contribution in [1.29, 1.82) is 0 Å². The van der Waals surface area contributed by atoms with Gasteiger partial charge in [-0.1, -0.05) is 29.8 Å². The van der Waals surface area contributed by atoms with Crippen molar-refractivity contribution in [2.24, 2.45) is 0 Å². The smallest absolute Gasteiger partial charge is 0.244 e. The number of amides is 1. The average molecular weight is 390 g/mol. The average Bonchev–Trinajstić information content (AvgIpc) is 2.65. The predicted octanol–water partition coefficient (Wildman–Crippen LogP) is 4.26. The number of rotatable bonds is 9. The van der Waals surface area contributed by atoms with Crippen LogP contribution in [0.5, 0.6) is 17.2 Å². The molecule has 0 aliphatic heterocycles. The van der Waals surface area contributed by atoms with E-state index in [1.807, 2.05) is 38.1 Å². The number of aryl methyl sites for hydroxylation is 1. The van der Waals surface area contributed by atoms with Crippen LogP contribution in [0.25, 0.3) is 6.08 Å². The molecule has 0 aliphatic carbocycles. The van der Waals surface area contributed by atoms with Crippen LogP contribution in [0.3, 0.4) is 0 Å². The molecule has 1 amide bonds. The Kier molecular flexibility index (Phi) is 8.01. The molecule has 6 heteroatoms. The van der Waals surface area contributed by atoms with Crippen LogP contribution < -0.4 is 19.5 Å². The van der Waals surface area contributed by atoms with E-state index < -0.39 is 0 Å². The normalized spacial score (nSPS) is 10.7. The Labute approximate surface area is 164 Å². The molecular formula is C21H24ClNO4. The molecule has 0 radical (unpaired) electrons. The summed E-state index contributed by atoms with van der Waals surface area (Å²) in [5.74, 6) is 1.62. The molecule has 0 heterocycles. The zero-order valence-corrected chi connectivity index (χ0v) is 16.5. The number of methoxy groups -OCH3 is 1. The number of nitrogens with one attached hydrogen (secondary N) is 1. The summed E-state index contributed by atoms with van der Waals surface area (Å²) in [5, 5.41) is 3.21. The fourth-order valence-corrected chi connectivity index (χ4v) is 2.73. The van der Waals surface area contributed by atoms with Crippen LogP contribution in [0.1, 0.15) is 18.1 Å². The van der Waals surface area contributed by atoms with Crippen LogP contribution in [-0.2, 0) is 4.79 Å². The lowest BCUT2D eigenvalue weighted by Gasteiger charge is -2.11. The molecule has 2 aromatic carbocycles. The van der Waals surface area contributed by atoms with Crippen LogP contribution >= 0.6 is 11.6 Å². The first kappa shape index (κ1) is 20.6. The molecule has 5 nitrogen and oxygen atoms in total. The van der Waals surface area contributed by atoms with Crippen molar-refractivity contribution in [3.63, 3.8) is 0 Å². The predicted molar refractivity (Wildman–Crippen MR) is 108 cm³/mol. The van der Waals surface area contributed by atoms with Crippen LogP contribution in [-0.4, -0.2) is 32.8 Å². The topological polar surface area (TPSA) is 56.8 Å². The third-order valence-corrected chi connectivity index (χ3v) is 4.00. The zero-order valence-electron chi connectivity index (χ0n) is 15.8. The Hall–Kier alpha value is -2.66. The fourth-order valence-electron chi connectivity index (χ4n) is 2.43. The highest BCUT2D eigenvalue weighted by Crippen LogP contribution is 2.36. The molecule has 0 aromatic heterocycles. The molecule has 1 N–H and O–H groups in total. The van der Waals surface area contributed by atoms with Crippen molar-refractivity contribution in [2.75, 3.05) is 26.9 Å². The summed E-state index contributed by atoms with van der Waals surface area (Å²) in [6, 6.07) is 11.2. The lowest BCUT2D eigenvalue weighted by Crippen LogP contribution is -2.26. The molecule has 0 saturated heterocycles. The first-order valence-electron chi connectivity index (χ1n) is 8.69. The number of halogens is 1. The van der Waals surface area contributed by atoms with Gasteiger partial charge in [-0.25, -0.2) is 0 Å². The molecule has 0 unspecified atom stereocenters. The lowest BCUT2D eigenvalue weighted by molar-refractivity contribution is -0.116. The molecule has 0 bridgehead atoms. The number of hydrogen-bond donors (Lipinski definition) is 1. The highest BCUT2D eigenvalue weighted by Gasteiger charge is 2.10. The van der Waals surface area contributed by atoms with E-state index in [1.165, 1.54) is 13.2 Å². The Morgan fingerprint density at radius 2 is 1.96 bits per heavy atom. The highest BCUT2D eigenvalue weighted by molar-refractivity contribution is 6.32.